The second-order valence-corrected chi connectivity index (χ2v) is 10.2. The van der Waals surface area contributed by atoms with Crippen LogP contribution in [0.25, 0.3) is 0 Å². The number of nitrogens with zero attached hydrogens (tertiary/aromatic N) is 2. The first-order valence-electron chi connectivity index (χ1n) is 11.8. The van der Waals surface area contributed by atoms with Crippen LogP contribution >= 0.6 is 11.6 Å². The highest BCUT2D eigenvalue weighted by molar-refractivity contribution is 6.30. The van der Waals surface area contributed by atoms with Crippen LogP contribution in [-0.4, -0.2) is 60.2 Å². The Morgan fingerprint density at radius 1 is 1.00 bits per heavy atom. The van der Waals surface area contributed by atoms with E-state index in [4.69, 9.17) is 21.1 Å². The number of rotatable bonds is 7. The molecule has 1 heterocycles. The number of carbonyl (C=O) groups excluding carboxylic acids is 2. The fourth-order valence-electron chi connectivity index (χ4n) is 4.15. The molecule has 0 atom stereocenters. The van der Waals surface area contributed by atoms with Crippen molar-refractivity contribution in [3.8, 4) is 0 Å². The van der Waals surface area contributed by atoms with Gasteiger partial charge in [-0.05, 0) is 75.4 Å². The van der Waals surface area contributed by atoms with E-state index in [0.29, 0.717) is 24.7 Å². The van der Waals surface area contributed by atoms with E-state index < -0.39 is 5.60 Å². The van der Waals surface area contributed by atoms with Crippen molar-refractivity contribution in [3.63, 3.8) is 0 Å². The van der Waals surface area contributed by atoms with Crippen molar-refractivity contribution in [1.29, 1.82) is 0 Å². The molecular formula is C27H35ClN2O4. The third kappa shape index (κ3) is 7.74. The first kappa shape index (κ1) is 26.0. The average molecular weight is 487 g/mol. The van der Waals surface area contributed by atoms with Gasteiger partial charge >= 0.3 is 12.1 Å². The molecular weight excluding hydrogens is 452 g/mol. The van der Waals surface area contributed by atoms with Gasteiger partial charge in [-0.3, -0.25) is 4.90 Å². The maximum Gasteiger partial charge on any atom is 0.410 e. The van der Waals surface area contributed by atoms with Gasteiger partial charge < -0.3 is 14.4 Å². The second kappa shape index (κ2) is 11.7. The Bertz CT molecular complexity index is 946. The van der Waals surface area contributed by atoms with E-state index in [2.05, 4.69) is 17.0 Å². The minimum Gasteiger partial charge on any atom is -0.465 e. The van der Waals surface area contributed by atoms with Gasteiger partial charge in [-0.15, -0.1) is 0 Å². The predicted octanol–water partition coefficient (Wildman–Crippen LogP) is 5.57. The number of halogens is 1. The summed E-state index contributed by atoms with van der Waals surface area (Å²) in [6.07, 6.45) is 2.45. The molecule has 7 heteroatoms. The predicted molar refractivity (Wildman–Crippen MR) is 134 cm³/mol. The van der Waals surface area contributed by atoms with Crippen LogP contribution < -0.4 is 0 Å². The lowest BCUT2D eigenvalue weighted by Gasteiger charge is -2.39. The summed E-state index contributed by atoms with van der Waals surface area (Å²) in [7, 11) is 1.39. The molecule has 1 aliphatic heterocycles. The molecule has 6 nitrogen and oxygen atoms in total. The molecule has 3 rings (SSSR count). The normalized spacial score (nSPS) is 14.8. The van der Waals surface area contributed by atoms with E-state index in [1.54, 1.807) is 0 Å². The Balaban J connectivity index is 1.67. The molecule has 1 amide bonds. The summed E-state index contributed by atoms with van der Waals surface area (Å²) in [5.41, 5.74) is 2.43. The number of carbonyl (C=O) groups is 2. The molecule has 0 spiro atoms. The number of amides is 1. The van der Waals surface area contributed by atoms with Gasteiger partial charge in [-0.1, -0.05) is 35.9 Å². The molecule has 0 aliphatic carbocycles. The van der Waals surface area contributed by atoms with Crippen LogP contribution in [0.3, 0.4) is 0 Å². The number of esters is 1. The molecule has 1 fully saturated rings. The van der Waals surface area contributed by atoms with Crippen LogP contribution in [0.1, 0.15) is 55.1 Å². The number of hydrogen-bond acceptors (Lipinski definition) is 5. The molecule has 0 N–H and O–H groups in total. The van der Waals surface area contributed by atoms with Gasteiger partial charge in [0.15, 0.2) is 0 Å². The fourth-order valence-corrected chi connectivity index (χ4v) is 4.28. The van der Waals surface area contributed by atoms with Crippen LogP contribution in [0.15, 0.2) is 48.5 Å². The van der Waals surface area contributed by atoms with Crippen LogP contribution in [0, 0.1) is 0 Å². The molecule has 184 valence electrons. The van der Waals surface area contributed by atoms with Crippen LogP contribution in [-0.2, 0) is 22.4 Å². The lowest BCUT2D eigenvalue weighted by molar-refractivity contribution is 0.0138. The van der Waals surface area contributed by atoms with Crippen molar-refractivity contribution >= 4 is 23.7 Å². The van der Waals surface area contributed by atoms with Crippen molar-refractivity contribution in [2.75, 3.05) is 26.7 Å². The minimum absolute atomic E-state index is 0.239. The summed E-state index contributed by atoms with van der Waals surface area (Å²) in [5.74, 6) is -0.333. The smallest absolute Gasteiger partial charge is 0.410 e. The van der Waals surface area contributed by atoms with Crippen LogP contribution in [0.2, 0.25) is 5.02 Å². The quantitative estimate of drug-likeness (QED) is 0.479. The summed E-state index contributed by atoms with van der Waals surface area (Å²) >= 11 is 6.04. The number of hydrogen-bond donors (Lipinski definition) is 0. The van der Waals surface area contributed by atoms with E-state index in [-0.39, 0.29) is 12.1 Å². The number of methoxy groups -OCH3 is 1. The third-order valence-electron chi connectivity index (χ3n) is 5.99. The molecule has 34 heavy (non-hydrogen) atoms. The maximum absolute atomic E-state index is 12.5. The molecule has 0 bridgehead atoms. The van der Waals surface area contributed by atoms with Crippen LogP contribution in [0.5, 0.6) is 0 Å². The Labute approximate surface area is 207 Å². The summed E-state index contributed by atoms with van der Waals surface area (Å²) in [5, 5.41) is 0.737. The molecule has 0 saturated carbocycles. The van der Waals surface area contributed by atoms with Crippen molar-refractivity contribution in [1.82, 2.24) is 9.80 Å². The summed E-state index contributed by atoms with van der Waals surface area (Å²) in [4.78, 5) is 28.5. The first-order valence-corrected chi connectivity index (χ1v) is 12.2. The SMILES string of the molecule is COC(=O)c1ccc(CN(CCc2ccc(Cl)cc2)C2CCN(C(=O)OC(C)(C)C)CC2)cc1. The van der Waals surface area contributed by atoms with E-state index in [0.717, 1.165) is 42.9 Å². The monoisotopic (exact) mass is 486 g/mol. The van der Waals surface area contributed by atoms with E-state index >= 15 is 0 Å². The zero-order chi connectivity index (χ0) is 24.7. The Kier molecular flexibility index (Phi) is 8.97. The number of ether oxygens (including phenoxy) is 2. The zero-order valence-corrected chi connectivity index (χ0v) is 21.3. The molecule has 0 radical (unpaired) electrons. The highest BCUT2D eigenvalue weighted by Crippen LogP contribution is 2.22. The topological polar surface area (TPSA) is 59.1 Å². The standard InChI is InChI=1S/C27H35ClN2O4/c1-27(2,3)34-26(32)29-17-14-24(15-18-29)30(16-13-20-7-11-23(28)12-8-20)19-21-5-9-22(10-6-21)25(31)33-4/h5-12,24H,13-19H2,1-4H3. The highest BCUT2D eigenvalue weighted by Gasteiger charge is 2.29. The van der Waals surface area contributed by atoms with Gasteiger partial charge in [0.05, 0.1) is 12.7 Å². The zero-order valence-electron chi connectivity index (χ0n) is 20.6. The highest BCUT2D eigenvalue weighted by atomic mass is 35.5. The van der Waals surface area contributed by atoms with Crippen LogP contribution in [0.4, 0.5) is 4.79 Å². The van der Waals surface area contributed by atoms with Gasteiger partial charge in [0.25, 0.3) is 0 Å². The van der Waals surface area contributed by atoms with Gasteiger partial charge in [0.1, 0.15) is 5.60 Å². The maximum atomic E-state index is 12.5. The lowest BCUT2D eigenvalue weighted by Crippen LogP contribution is -2.48. The Hall–Kier alpha value is -2.57. The van der Waals surface area contributed by atoms with E-state index in [1.807, 2.05) is 62.1 Å². The second-order valence-electron chi connectivity index (χ2n) is 9.73. The van der Waals surface area contributed by atoms with E-state index in [9.17, 15) is 9.59 Å². The van der Waals surface area contributed by atoms with Crippen molar-refractivity contribution in [2.45, 2.75) is 58.2 Å². The largest absolute Gasteiger partial charge is 0.465 e. The van der Waals surface area contributed by atoms with Gasteiger partial charge in [-0.2, -0.15) is 0 Å². The molecule has 0 aromatic heterocycles. The number of piperidine rings is 1. The minimum atomic E-state index is -0.491. The molecule has 1 aliphatic rings. The first-order chi connectivity index (χ1) is 16.1. The van der Waals surface area contributed by atoms with Gasteiger partial charge in [-0.25, -0.2) is 9.59 Å². The molecule has 0 unspecified atom stereocenters. The van der Waals surface area contributed by atoms with Crippen molar-refractivity contribution in [2.24, 2.45) is 0 Å². The molecule has 2 aromatic rings. The Morgan fingerprint density at radius 2 is 1.59 bits per heavy atom. The molecule has 2 aromatic carbocycles. The average Bonchev–Trinajstić information content (AvgIpc) is 2.81. The summed E-state index contributed by atoms with van der Waals surface area (Å²) in [6, 6.07) is 15.9. The fraction of sp³-hybridized carbons (Fsp3) is 0.481. The Morgan fingerprint density at radius 3 is 2.15 bits per heavy atom. The lowest BCUT2D eigenvalue weighted by atomic mass is 10.0. The molecule has 1 saturated heterocycles. The van der Waals surface area contributed by atoms with E-state index in [1.165, 1.54) is 12.7 Å². The van der Waals surface area contributed by atoms with Crippen molar-refractivity contribution in [3.05, 3.63) is 70.2 Å². The summed E-state index contributed by atoms with van der Waals surface area (Å²) < 4.78 is 10.4. The van der Waals surface area contributed by atoms with Crippen molar-refractivity contribution < 1.29 is 19.1 Å². The summed E-state index contributed by atoms with van der Waals surface area (Å²) in [6.45, 7) is 8.69. The third-order valence-corrected chi connectivity index (χ3v) is 6.25. The number of likely N-dealkylation sites (tertiary alicyclic amines) is 1. The van der Waals surface area contributed by atoms with Gasteiger partial charge in [0.2, 0.25) is 0 Å². The number of benzene rings is 2. The van der Waals surface area contributed by atoms with Gasteiger partial charge in [0, 0.05) is 37.2 Å².